The Bertz CT molecular complexity index is 777. The predicted octanol–water partition coefficient (Wildman–Crippen LogP) is 3.06. The zero-order valence-corrected chi connectivity index (χ0v) is 12.1. The normalized spacial score (nSPS) is 12.3. The second kappa shape index (κ2) is 5.40. The zero-order valence-electron chi connectivity index (χ0n) is 12.1. The van der Waals surface area contributed by atoms with Gasteiger partial charge in [-0.2, -0.15) is 0 Å². The maximum atomic E-state index is 12.2. The van der Waals surface area contributed by atoms with Gasteiger partial charge in [-0.1, -0.05) is 30.3 Å². The Balaban J connectivity index is 1.86. The van der Waals surface area contributed by atoms with Crippen LogP contribution >= 0.6 is 0 Å². The molecule has 0 spiro atoms. The molecular weight excluding hydrogens is 262 g/mol. The summed E-state index contributed by atoms with van der Waals surface area (Å²) in [6.07, 6.45) is 0. The smallest absolute Gasteiger partial charge is 0.251 e. The first-order valence-electron chi connectivity index (χ1n) is 6.94. The Morgan fingerprint density at radius 3 is 2.48 bits per heavy atom. The lowest BCUT2D eigenvalue weighted by molar-refractivity contribution is 0.0938. The molecule has 1 unspecified atom stereocenters. The second-order valence-electron chi connectivity index (χ2n) is 5.08. The molecule has 21 heavy (non-hydrogen) atoms. The van der Waals surface area contributed by atoms with Crippen molar-refractivity contribution in [2.24, 2.45) is 7.05 Å². The first-order valence-corrected chi connectivity index (χ1v) is 6.94. The first-order chi connectivity index (χ1) is 10.2. The fourth-order valence-corrected chi connectivity index (χ4v) is 2.49. The van der Waals surface area contributed by atoms with Crippen LogP contribution in [0.1, 0.15) is 29.1 Å². The minimum Gasteiger partial charge on any atom is -0.342 e. The van der Waals surface area contributed by atoms with Gasteiger partial charge in [0.1, 0.15) is 5.82 Å². The molecule has 1 heterocycles. The topological polar surface area (TPSA) is 46.9 Å². The number of imidazole rings is 1. The number of amides is 1. The summed E-state index contributed by atoms with van der Waals surface area (Å²) >= 11 is 0. The number of nitrogens with one attached hydrogen (secondary N) is 1. The number of aromatic nitrogens is 2. The van der Waals surface area contributed by atoms with Crippen LogP contribution in [0.25, 0.3) is 11.0 Å². The molecule has 1 N–H and O–H groups in total. The first kappa shape index (κ1) is 13.4. The molecule has 0 saturated heterocycles. The zero-order chi connectivity index (χ0) is 14.8. The number of carbonyl (C=O) groups is 1. The van der Waals surface area contributed by atoms with Crippen molar-refractivity contribution in [2.45, 2.75) is 13.0 Å². The third-order valence-electron chi connectivity index (χ3n) is 3.59. The van der Waals surface area contributed by atoms with Gasteiger partial charge in [0, 0.05) is 12.6 Å². The highest BCUT2D eigenvalue weighted by atomic mass is 16.1. The summed E-state index contributed by atoms with van der Waals surface area (Å²) in [6, 6.07) is 17.0. The SMILES string of the molecule is CC(NC(=O)c1ccccc1)c1nc2ccccc2n1C. The number of hydrogen-bond donors (Lipinski definition) is 1. The van der Waals surface area contributed by atoms with E-state index in [9.17, 15) is 4.79 Å². The minimum atomic E-state index is -0.157. The number of hydrogen-bond acceptors (Lipinski definition) is 2. The minimum absolute atomic E-state index is 0.0878. The van der Waals surface area contributed by atoms with E-state index in [1.54, 1.807) is 12.1 Å². The van der Waals surface area contributed by atoms with E-state index in [2.05, 4.69) is 10.3 Å². The van der Waals surface area contributed by atoms with Crippen LogP contribution in [-0.2, 0) is 7.05 Å². The standard InChI is InChI=1S/C17H17N3O/c1-12(18-17(21)13-8-4-3-5-9-13)16-19-14-10-6-7-11-15(14)20(16)2/h3-12H,1-2H3,(H,18,21). The van der Waals surface area contributed by atoms with E-state index in [1.165, 1.54) is 0 Å². The lowest BCUT2D eigenvalue weighted by atomic mass is 10.2. The van der Waals surface area contributed by atoms with E-state index in [4.69, 9.17) is 0 Å². The van der Waals surface area contributed by atoms with Gasteiger partial charge in [-0.05, 0) is 31.2 Å². The molecule has 0 saturated carbocycles. The number of carbonyl (C=O) groups excluding carboxylic acids is 1. The summed E-state index contributed by atoms with van der Waals surface area (Å²) in [5, 5.41) is 2.99. The molecular formula is C17H17N3O. The Hall–Kier alpha value is -2.62. The van der Waals surface area contributed by atoms with Gasteiger partial charge in [0.25, 0.3) is 5.91 Å². The number of para-hydroxylation sites is 2. The van der Waals surface area contributed by atoms with Crippen LogP contribution in [0.5, 0.6) is 0 Å². The van der Waals surface area contributed by atoms with Crippen molar-refractivity contribution in [2.75, 3.05) is 0 Å². The molecule has 3 aromatic rings. The number of benzene rings is 2. The Morgan fingerprint density at radius 2 is 1.76 bits per heavy atom. The van der Waals surface area contributed by atoms with Crippen molar-refractivity contribution in [1.29, 1.82) is 0 Å². The molecule has 0 aliphatic rings. The molecule has 0 bridgehead atoms. The van der Waals surface area contributed by atoms with Crippen molar-refractivity contribution in [3.05, 3.63) is 66.0 Å². The molecule has 0 fully saturated rings. The molecule has 0 aliphatic heterocycles. The molecule has 0 aliphatic carbocycles. The van der Waals surface area contributed by atoms with Crippen LogP contribution < -0.4 is 5.32 Å². The summed E-state index contributed by atoms with van der Waals surface area (Å²) < 4.78 is 2.02. The van der Waals surface area contributed by atoms with E-state index in [1.807, 2.05) is 61.0 Å². The third kappa shape index (κ3) is 2.52. The summed E-state index contributed by atoms with van der Waals surface area (Å²) in [5.41, 5.74) is 2.66. The molecule has 1 atom stereocenters. The largest absolute Gasteiger partial charge is 0.342 e. The molecule has 106 valence electrons. The summed E-state index contributed by atoms with van der Waals surface area (Å²) in [7, 11) is 1.97. The van der Waals surface area contributed by atoms with E-state index in [0.29, 0.717) is 5.56 Å². The average Bonchev–Trinajstić information content (AvgIpc) is 2.86. The van der Waals surface area contributed by atoms with Gasteiger partial charge in [-0.25, -0.2) is 4.98 Å². The number of fused-ring (bicyclic) bond motifs is 1. The van der Waals surface area contributed by atoms with Crippen LogP contribution in [0, 0.1) is 0 Å². The molecule has 4 heteroatoms. The average molecular weight is 279 g/mol. The Morgan fingerprint density at radius 1 is 1.10 bits per heavy atom. The van der Waals surface area contributed by atoms with Gasteiger partial charge in [0.05, 0.1) is 17.1 Å². The van der Waals surface area contributed by atoms with Crippen LogP contribution in [-0.4, -0.2) is 15.5 Å². The molecule has 4 nitrogen and oxygen atoms in total. The van der Waals surface area contributed by atoms with E-state index in [0.717, 1.165) is 16.9 Å². The van der Waals surface area contributed by atoms with Crippen molar-refractivity contribution < 1.29 is 4.79 Å². The van der Waals surface area contributed by atoms with Gasteiger partial charge in [-0.15, -0.1) is 0 Å². The second-order valence-corrected chi connectivity index (χ2v) is 5.08. The molecule has 3 rings (SSSR count). The lowest BCUT2D eigenvalue weighted by Gasteiger charge is -2.14. The van der Waals surface area contributed by atoms with Crippen LogP contribution in [0.3, 0.4) is 0 Å². The Labute approximate surface area is 123 Å². The highest BCUT2D eigenvalue weighted by molar-refractivity contribution is 5.94. The van der Waals surface area contributed by atoms with Gasteiger partial charge in [0.2, 0.25) is 0 Å². The van der Waals surface area contributed by atoms with Gasteiger partial charge < -0.3 is 9.88 Å². The fraction of sp³-hybridized carbons (Fsp3) is 0.176. The quantitative estimate of drug-likeness (QED) is 0.801. The van der Waals surface area contributed by atoms with E-state index >= 15 is 0 Å². The summed E-state index contributed by atoms with van der Waals surface area (Å²) in [6.45, 7) is 1.95. The predicted molar refractivity (Wildman–Crippen MR) is 83.0 cm³/mol. The van der Waals surface area contributed by atoms with Gasteiger partial charge in [0.15, 0.2) is 0 Å². The van der Waals surface area contributed by atoms with Crippen LogP contribution in [0.4, 0.5) is 0 Å². The lowest BCUT2D eigenvalue weighted by Crippen LogP contribution is -2.28. The number of nitrogens with zero attached hydrogens (tertiary/aromatic N) is 2. The fourth-order valence-electron chi connectivity index (χ4n) is 2.49. The Kier molecular flexibility index (Phi) is 3.44. The van der Waals surface area contributed by atoms with Crippen molar-refractivity contribution in [3.8, 4) is 0 Å². The van der Waals surface area contributed by atoms with Gasteiger partial charge in [-0.3, -0.25) is 4.79 Å². The summed E-state index contributed by atoms with van der Waals surface area (Å²) in [5.74, 6) is 0.760. The number of aryl methyl sites for hydroxylation is 1. The van der Waals surface area contributed by atoms with Gasteiger partial charge >= 0.3 is 0 Å². The van der Waals surface area contributed by atoms with E-state index < -0.39 is 0 Å². The van der Waals surface area contributed by atoms with E-state index in [-0.39, 0.29) is 11.9 Å². The molecule has 2 aromatic carbocycles. The van der Waals surface area contributed by atoms with Crippen LogP contribution in [0.15, 0.2) is 54.6 Å². The van der Waals surface area contributed by atoms with Crippen molar-refractivity contribution in [1.82, 2.24) is 14.9 Å². The molecule has 1 amide bonds. The maximum absolute atomic E-state index is 12.2. The van der Waals surface area contributed by atoms with Crippen molar-refractivity contribution >= 4 is 16.9 Å². The monoisotopic (exact) mass is 279 g/mol. The van der Waals surface area contributed by atoms with Crippen LogP contribution in [0.2, 0.25) is 0 Å². The summed E-state index contributed by atoms with van der Waals surface area (Å²) in [4.78, 5) is 16.8. The highest BCUT2D eigenvalue weighted by Crippen LogP contribution is 2.19. The molecule has 1 aromatic heterocycles. The molecule has 0 radical (unpaired) electrons. The maximum Gasteiger partial charge on any atom is 0.251 e. The van der Waals surface area contributed by atoms with Crippen molar-refractivity contribution in [3.63, 3.8) is 0 Å². The number of rotatable bonds is 3. The third-order valence-corrected chi connectivity index (χ3v) is 3.59. The highest BCUT2D eigenvalue weighted by Gasteiger charge is 2.16.